The van der Waals surface area contributed by atoms with Crippen LogP contribution in [0.5, 0.6) is 5.75 Å². The fraction of sp³-hybridized carbons (Fsp3) is 0.294. The van der Waals surface area contributed by atoms with Crippen molar-refractivity contribution < 1.29 is 18.7 Å². The second-order valence-electron chi connectivity index (χ2n) is 5.31. The van der Waals surface area contributed by atoms with Crippen LogP contribution in [0.15, 0.2) is 41.2 Å². The highest BCUT2D eigenvalue weighted by Gasteiger charge is 2.14. The first-order valence-corrected chi connectivity index (χ1v) is 7.58. The maximum absolute atomic E-state index is 12.4. The van der Waals surface area contributed by atoms with E-state index >= 15 is 0 Å². The summed E-state index contributed by atoms with van der Waals surface area (Å²) in [4.78, 5) is 24.8. The van der Waals surface area contributed by atoms with Gasteiger partial charge in [0, 0.05) is 17.8 Å². The van der Waals surface area contributed by atoms with Crippen LogP contribution in [0.2, 0.25) is 0 Å². The summed E-state index contributed by atoms with van der Waals surface area (Å²) in [6, 6.07) is 6.78. The molecule has 0 fully saturated rings. The third-order valence-electron chi connectivity index (χ3n) is 3.44. The molecule has 2 aromatic rings. The summed E-state index contributed by atoms with van der Waals surface area (Å²) in [5.41, 5.74) is 7.48. The van der Waals surface area contributed by atoms with Gasteiger partial charge in [-0.25, -0.2) is 4.79 Å². The number of anilines is 1. The Balaban J connectivity index is 2.00. The number of nitrogens with zero attached hydrogens (tertiary/aromatic N) is 1. The molecule has 1 heterocycles. The number of nitrogens with two attached hydrogens (primary N) is 1. The molecule has 0 aliphatic heterocycles. The molecule has 7 heteroatoms. The maximum Gasteiger partial charge on any atom is 0.322 e. The normalized spacial score (nSPS) is 10.2. The Morgan fingerprint density at radius 1 is 1.33 bits per heavy atom. The van der Waals surface area contributed by atoms with Crippen molar-refractivity contribution in [3.05, 3.63) is 47.9 Å². The lowest BCUT2D eigenvalue weighted by Crippen LogP contribution is -2.34. The molecule has 2 rings (SSSR count). The second kappa shape index (κ2) is 8.05. The minimum Gasteiger partial charge on any atom is -0.484 e. The Hall–Kier alpha value is -2.96. The molecule has 0 atom stereocenters. The van der Waals surface area contributed by atoms with Crippen LogP contribution < -0.4 is 15.8 Å². The zero-order valence-electron chi connectivity index (χ0n) is 13.7. The van der Waals surface area contributed by atoms with Crippen LogP contribution in [-0.4, -0.2) is 30.0 Å². The van der Waals surface area contributed by atoms with Gasteiger partial charge >= 0.3 is 6.03 Å². The van der Waals surface area contributed by atoms with E-state index in [2.05, 4.69) is 5.32 Å². The van der Waals surface area contributed by atoms with Crippen molar-refractivity contribution in [2.24, 2.45) is 5.73 Å². The van der Waals surface area contributed by atoms with Crippen molar-refractivity contribution in [2.45, 2.75) is 20.4 Å². The van der Waals surface area contributed by atoms with Gasteiger partial charge in [-0.1, -0.05) is 0 Å². The van der Waals surface area contributed by atoms with Crippen molar-refractivity contribution in [3.63, 3.8) is 0 Å². The number of furan rings is 1. The molecule has 0 aliphatic rings. The maximum atomic E-state index is 12.4. The van der Waals surface area contributed by atoms with Crippen LogP contribution in [-0.2, 0) is 11.3 Å². The molecule has 0 bridgehead atoms. The van der Waals surface area contributed by atoms with Crippen LogP contribution in [0.1, 0.15) is 18.1 Å². The van der Waals surface area contributed by atoms with Gasteiger partial charge < -0.3 is 25.1 Å². The standard InChI is InChI=1S/C17H21N3O4/c1-3-20(9-13-6-7-23-10-13)17(22)19-15-5-4-14(8-12(15)2)24-11-16(18)21/h4-8,10H,3,9,11H2,1-2H3,(H2,18,21)(H,19,22). The summed E-state index contributed by atoms with van der Waals surface area (Å²) in [6.07, 6.45) is 3.20. The van der Waals surface area contributed by atoms with Gasteiger partial charge in [-0.2, -0.15) is 0 Å². The van der Waals surface area contributed by atoms with E-state index in [0.717, 1.165) is 11.1 Å². The number of nitrogens with one attached hydrogen (secondary N) is 1. The largest absolute Gasteiger partial charge is 0.484 e. The van der Waals surface area contributed by atoms with Crippen LogP contribution in [0.4, 0.5) is 10.5 Å². The number of ether oxygens (including phenoxy) is 1. The van der Waals surface area contributed by atoms with Crippen LogP contribution in [0.3, 0.4) is 0 Å². The molecule has 0 saturated heterocycles. The highest BCUT2D eigenvalue weighted by atomic mass is 16.5. The third-order valence-corrected chi connectivity index (χ3v) is 3.44. The number of carbonyl (C=O) groups is 2. The summed E-state index contributed by atoms with van der Waals surface area (Å²) in [5.74, 6) is -0.0158. The molecule has 24 heavy (non-hydrogen) atoms. The Bertz CT molecular complexity index is 698. The first kappa shape index (κ1) is 17.4. The summed E-state index contributed by atoms with van der Waals surface area (Å²) in [7, 11) is 0. The zero-order chi connectivity index (χ0) is 17.5. The minimum atomic E-state index is -0.539. The van der Waals surface area contributed by atoms with E-state index in [-0.39, 0.29) is 12.6 Å². The van der Waals surface area contributed by atoms with Crippen LogP contribution >= 0.6 is 0 Å². The average Bonchev–Trinajstić information content (AvgIpc) is 3.05. The fourth-order valence-electron chi connectivity index (χ4n) is 2.15. The molecule has 0 aliphatic carbocycles. The summed E-state index contributed by atoms with van der Waals surface area (Å²) >= 11 is 0. The van der Waals surface area contributed by atoms with E-state index in [0.29, 0.717) is 24.5 Å². The number of benzene rings is 1. The van der Waals surface area contributed by atoms with Crippen molar-refractivity contribution >= 4 is 17.6 Å². The van der Waals surface area contributed by atoms with Crippen molar-refractivity contribution in [2.75, 3.05) is 18.5 Å². The van der Waals surface area contributed by atoms with E-state index in [1.165, 1.54) is 0 Å². The second-order valence-corrected chi connectivity index (χ2v) is 5.31. The predicted octanol–water partition coefficient (Wildman–Crippen LogP) is 2.51. The fourth-order valence-corrected chi connectivity index (χ4v) is 2.15. The lowest BCUT2D eigenvalue weighted by molar-refractivity contribution is -0.119. The van der Waals surface area contributed by atoms with Crippen LogP contribution in [0, 0.1) is 6.92 Å². The molecular weight excluding hydrogens is 310 g/mol. The number of hydrogen-bond donors (Lipinski definition) is 2. The third kappa shape index (κ3) is 4.77. The molecule has 1 aromatic heterocycles. The predicted molar refractivity (Wildman–Crippen MR) is 89.7 cm³/mol. The van der Waals surface area contributed by atoms with Gasteiger partial charge in [0.25, 0.3) is 5.91 Å². The van der Waals surface area contributed by atoms with Gasteiger partial charge in [0.2, 0.25) is 0 Å². The molecule has 0 saturated carbocycles. The smallest absolute Gasteiger partial charge is 0.322 e. The molecular formula is C17H21N3O4. The molecule has 128 valence electrons. The minimum absolute atomic E-state index is 0.181. The first-order chi connectivity index (χ1) is 11.5. The Morgan fingerprint density at radius 2 is 2.12 bits per heavy atom. The summed E-state index contributed by atoms with van der Waals surface area (Å²) in [5, 5.41) is 2.87. The van der Waals surface area contributed by atoms with Crippen molar-refractivity contribution in [3.8, 4) is 5.75 Å². The van der Waals surface area contributed by atoms with Gasteiger partial charge in [-0.3, -0.25) is 4.79 Å². The highest BCUT2D eigenvalue weighted by molar-refractivity contribution is 5.90. The topological polar surface area (TPSA) is 97.8 Å². The van der Waals surface area contributed by atoms with E-state index < -0.39 is 5.91 Å². The molecule has 3 amide bonds. The van der Waals surface area contributed by atoms with E-state index in [1.807, 2.05) is 19.9 Å². The lowest BCUT2D eigenvalue weighted by atomic mass is 10.2. The molecule has 0 unspecified atom stereocenters. The monoisotopic (exact) mass is 331 g/mol. The SMILES string of the molecule is CCN(Cc1ccoc1)C(=O)Nc1ccc(OCC(N)=O)cc1C. The molecule has 7 nitrogen and oxygen atoms in total. The molecule has 0 spiro atoms. The quantitative estimate of drug-likeness (QED) is 0.814. The Labute approximate surface area is 140 Å². The number of hydrogen-bond acceptors (Lipinski definition) is 4. The number of carbonyl (C=O) groups excluding carboxylic acids is 2. The van der Waals surface area contributed by atoms with Gasteiger partial charge in [0.15, 0.2) is 6.61 Å². The van der Waals surface area contributed by atoms with Gasteiger partial charge in [-0.15, -0.1) is 0 Å². The number of urea groups is 1. The Kier molecular flexibility index (Phi) is 5.83. The first-order valence-electron chi connectivity index (χ1n) is 7.58. The summed E-state index contributed by atoms with van der Waals surface area (Å²) < 4.78 is 10.3. The number of amides is 3. The average molecular weight is 331 g/mol. The highest BCUT2D eigenvalue weighted by Crippen LogP contribution is 2.22. The number of primary amides is 1. The molecule has 1 aromatic carbocycles. The zero-order valence-corrected chi connectivity index (χ0v) is 13.7. The van der Waals surface area contributed by atoms with E-state index in [4.69, 9.17) is 14.9 Å². The van der Waals surface area contributed by atoms with Gasteiger partial charge in [0.1, 0.15) is 5.75 Å². The van der Waals surface area contributed by atoms with Crippen LogP contribution in [0.25, 0.3) is 0 Å². The van der Waals surface area contributed by atoms with Gasteiger partial charge in [0.05, 0.1) is 19.1 Å². The van der Waals surface area contributed by atoms with E-state index in [1.54, 1.807) is 35.6 Å². The lowest BCUT2D eigenvalue weighted by Gasteiger charge is -2.21. The Morgan fingerprint density at radius 3 is 2.71 bits per heavy atom. The molecule has 0 radical (unpaired) electrons. The summed E-state index contributed by atoms with van der Waals surface area (Å²) in [6.45, 7) is 4.61. The van der Waals surface area contributed by atoms with Gasteiger partial charge in [-0.05, 0) is 43.7 Å². The number of rotatable bonds is 7. The van der Waals surface area contributed by atoms with Crippen molar-refractivity contribution in [1.29, 1.82) is 0 Å². The van der Waals surface area contributed by atoms with E-state index in [9.17, 15) is 9.59 Å². The van der Waals surface area contributed by atoms with Crippen molar-refractivity contribution in [1.82, 2.24) is 4.90 Å². The molecule has 3 N–H and O–H groups in total. The number of aryl methyl sites for hydroxylation is 1.